The van der Waals surface area contributed by atoms with Crippen molar-refractivity contribution < 1.29 is 80.2 Å². The summed E-state index contributed by atoms with van der Waals surface area (Å²) in [5.74, 6) is -1.31. The molecule has 2 unspecified atom stereocenters. The number of esters is 4. The summed E-state index contributed by atoms with van der Waals surface area (Å²) in [5, 5.41) is 10.6. The molecule has 0 saturated heterocycles. The van der Waals surface area contributed by atoms with Crippen LogP contribution in [0.4, 0.5) is 0 Å². The van der Waals surface area contributed by atoms with Crippen molar-refractivity contribution in [3.05, 3.63) is 0 Å². The minimum Gasteiger partial charge on any atom is -0.462 e. The monoisotopic (exact) mass is 1410 g/mol. The molecule has 0 aromatic carbocycles. The van der Waals surface area contributed by atoms with Gasteiger partial charge in [0.15, 0.2) is 12.2 Å². The van der Waals surface area contributed by atoms with E-state index in [1.54, 1.807) is 0 Å². The van der Waals surface area contributed by atoms with Crippen LogP contribution in [0.2, 0.25) is 0 Å². The molecule has 17 nitrogen and oxygen atoms in total. The quantitative estimate of drug-likeness (QED) is 0.0222. The number of unbranched alkanes of at least 4 members (excludes halogenated alkanes) is 49. The first kappa shape index (κ1) is 94.1. The molecule has 5 atom stereocenters. The van der Waals surface area contributed by atoms with Gasteiger partial charge < -0.3 is 33.8 Å². The first-order valence-corrected chi connectivity index (χ1v) is 43.1. The van der Waals surface area contributed by atoms with Gasteiger partial charge in [-0.05, 0) is 31.6 Å². The van der Waals surface area contributed by atoms with E-state index in [4.69, 9.17) is 37.0 Å². The fraction of sp³-hybridized carbons (Fsp3) is 0.948. The maximum Gasteiger partial charge on any atom is 0.472 e. The number of phosphoric ester groups is 2. The lowest BCUT2D eigenvalue weighted by Gasteiger charge is -2.21. The zero-order valence-electron chi connectivity index (χ0n) is 62.5. The molecule has 0 aliphatic heterocycles. The Morgan fingerprint density at radius 3 is 0.708 bits per heavy atom. The molecule has 0 aromatic rings. The second-order valence-corrected chi connectivity index (χ2v) is 31.1. The predicted molar refractivity (Wildman–Crippen MR) is 391 cm³/mol. The van der Waals surface area contributed by atoms with Crippen LogP contribution in [-0.2, 0) is 65.4 Å². The first-order valence-electron chi connectivity index (χ1n) is 40.1. The second-order valence-electron chi connectivity index (χ2n) is 28.2. The number of hydrogen-bond donors (Lipinski definition) is 3. The zero-order valence-corrected chi connectivity index (χ0v) is 64.3. The Labute approximate surface area is 588 Å². The van der Waals surface area contributed by atoms with Gasteiger partial charge in [-0.15, -0.1) is 0 Å². The highest BCUT2D eigenvalue weighted by Crippen LogP contribution is 2.45. The molecule has 570 valence electrons. The maximum absolute atomic E-state index is 13.1. The Kier molecular flexibility index (Phi) is 68.7. The molecule has 0 aliphatic carbocycles. The number of carbonyl (C=O) groups is 4. The van der Waals surface area contributed by atoms with E-state index >= 15 is 0 Å². The molecule has 3 N–H and O–H groups in total. The molecule has 0 spiro atoms. The van der Waals surface area contributed by atoms with Gasteiger partial charge >= 0.3 is 39.5 Å². The summed E-state index contributed by atoms with van der Waals surface area (Å²) >= 11 is 0. The molecule has 0 saturated carbocycles. The van der Waals surface area contributed by atoms with Gasteiger partial charge in [-0.2, -0.15) is 0 Å². The van der Waals surface area contributed by atoms with Crippen molar-refractivity contribution in [1.29, 1.82) is 0 Å². The lowest BCUT2D eigenvalue weighted by molar-refractivity contribution is -0.161. The fourth-order valence-electron chi connectivity index (χ4n) is 11.9. The highest BCUT2D eigenvalue weighted by atomic mass is 31.2. The summed E-state index contributed by atoms with van der Waals surface area (Å²) in [6.45, 7) is 7.26. The minimum absolute atomic E-state index is 0.105. The summed E-state index contributed by atoms with van der Waals surface area (Å²) < 4.78 is 68.3. The highest BCUT2D eigenvalue weighted by molar-refractivity contribution is 7.47. The van der Waals surface area contributed by atoms with Gasteiger partial charge in [0.05, 0.1) is 26.4 Å². The van der Waals surface area contributed by atoms with Crippen molar-refractivity contribution in [1.82, 2.24) is 0 Å². The molecule has 0 heterocycles. The Hall–Kier alpha value is -1.94. The molecule has 0 amide bonds. The molecule has 0 aromatic heterocycles. The van der Waals surface area contributed by atoms with Crippen LogP contribution in [0.3, 0.4) is 0 Å². The molecule has 0 bridgehead atoms. The van der Waals surface area contributed by atoms with Crippen LogP contribution in [0.15, 0.2) is 0 Å². The van der Waals surface area contributed by atoms with Gasteiger partial charge in [0.2, 0.25) is 0 Å². The van der Waals surface area contributed by atoms with Gasteiger partial charge in [-0.25, -0.2) is 9.13 Å². The third-order valence-electron chi connectivity index (χ3n) is 18.0. The fourth-order valence-corrected chi connectivity index (χ4v) is 13.5. The van der Waals surface area contributed by atoms with Crippen molar-refractivity contribution in [3.8, 4) is 0 Å². The molecular formula is C77H150O17P2. The number of carbonyl (C=O) groups excluding carboxylic acids is 4. The van der Waals surface area contributed by atoms with Gasteiger partial charge in [0.1, 0.15) is 19.3 Å². The van der Waals surface area contributed by atoms with E-state index in [2.05, 4.69) is 34.6 Å². The van der Waals surface area contributed by atoms with Gasteiger partial charge in [0, 0.05) is 25.7 Å². The number of phosphoric acid groups is 2. The molecule has 96 heavy (non-hydrogen) atoms. The Morgan fingerprint density at radius 2 is 0.479 bits per heavy atom. The van der Waals surface area contributed by atoms with Crippen molar-refractivity contribution in [2.75, 3.05) is 39.6 Å². The number of ether oxygens (including phenoxy) is 4. The van der Waals surface area contributed by atoms with Crippen LogP contribution < -0.4 is 0 Å². The molecule has 0 aliphatic rings. The van der Waals surface area contributed by atoms with Crippen molar-refractivity contribution in [2.45, 2.75) is 425 Å². The van der Waals surface area contributed by atoms with Crippen LogP contribution in [0, 0.1) is 5.92 Å². The van der Waals surface area contributed by atoms with E-state index in [0.717, 1.165) is 109 Å². The number of aliphatic hydroxyl groups excluding tert-OH is 1. The van der Waals surface area contributed by atoms with E-state index in [1.165, 1.54) is 218 Å². The summed E-state index contributed by atoms with van der Waals surface area (Å²) in [5.41, 5.74) is 0. The summed E-state index contributed by atoms with van der Waals surface area (Å²) in [4.78, 5) is 72.6. The van der Waals surface area contributed by atoms with Crippen molar-refractivity contribution in [3.63, 3.8) is 0 Å². The van der Waals surface area contributed by atoms with Gasteiger partial charge in [0.25, 0.3) is 0 Å². The molecule has 19 heteroatoms. The minimum atomic E-state index is -4.96. The third-order valence-corrected chi connectivity index (χ3v) is 19.9. The van der Waals surface area contributed by atoms with Crippen molar-refractivity contribution in [2.24, 2.45) is 5.92 Å². The molecule has 0 radical (unpaired) electrons. The lowest BCUT2D eigenvalue weighted by atomic mass is 10.0. The van der Waals surface area contributed by atoms with Crippen LogP contribution in [0.25, 0.3) is 0 Å². The Balaban J connectivity index is 5.12. The van der Waals surface area contributed by atoms with Crippen LogP contribution in [0.1, 0.15) is 407 Å². The van der Waals surface area contributed by atoms with E-state index < -0.39 is 97.5 Å². The van der Waals surface area contributed by atoms with Gasteiger partial charge in [-0.3, -0.25) is 37.3 Å². The third kappa shape index (κ3) is 70.5. The second kappa shape index (κ2) is 70.1. The summed E-state index contributed by atoms with van der Waals surface area (Å²) in [6.07, 6.45) is 60.0. The molecule has 0 fully saturated rings. The number of rotatable bonds is 77. The number of aliphatic hydroxyl groups is 1. The average molecular weight is 1410 g/mol. The Bertz CT molecular complexity index is 1840. The standard InChI is InChI=1S/C77H150O17P2/c1-6-9-12-15-18-21-22-23-24-25-26-27-28-29-30-33-37-40-43-48-53-58-63-77(82)94-73(67-88-75(80)61-56-51-47-42-39-36-34-31-32-35-38-41-44-49-54-59-70(4)5)69-92-96(85,86)90-65-71(78)64-89-95(83,84)91-68-72(93-76(81)62-57-52-46-20-17-14-11-8-3)66-87-74(79)60-55-50-45-19-16-13-10-7-2/h70-73,78H,6-69H2,1-5H3,(H,83,84)(H,85,86)/t71-,72+,73+/m0/s1. The summed E-state index contributed by atoms with van der Waals surface area (Å²) in [6, 6.07) is 0. The van der Waals surface area contributed by atoms with Crippen LogP contribution >= 0.6 is 15.6 Å². The summed E-state index contributed by atoms with van der Waals surface area (Å²) in [7, 11) is -9.90. The van der Waals surface area contributed by atoms with E-state index in [-0.39, 0.29) is 25.7 Å². The average Bonchev–Trinajstić information content (AvgIpc) is 3.28. The number of hydrogen-bond acceptors (Lipinski definition) is 15. The highest BCUT2D eigenvalue weighted by Gasteiger charge is 2.30. The SMILES string of the molecule is CCCCCCCCCCCCCCCCCCCCCCCCC(=O)O[C@H](COC(=O)CCCCCCCCCCCCCCCCCC(C)C)COP(=O)(O)OC[C@@H](O)COP(=O)(O)OC[C@@H](COC(=O)CCCCCCCCCC)OC(=O)CCCCCCCCCC. The van der Waals surface area contributed by atoms with Crippen LogP contribution in [0.5, 0.6) is 0 Å². The predicted octanol–water partition coefficient (Wildman–Crippen LogP) is 22.9. The van der Waals surface area contributed by atoms with Crippen molar-refractivity contribution >= 4 is 39.5 Å². The molecular weight excluding hydrogens is 1260 g/mol. The lowest BCUT2D eigenvalue weighted by Crippen LogP contribution is -2.30. The van der Waals surface area contributed by atoms with Gasteiger partial charge in [-0.1, -0.05) is 356 Å². The normalized spacial score (nSPS) is 13.9. The smallest absolute Gasteiger partial charge is 0.462 e. The topological polar surface area (TPSA) is 237 Å². The van der Waals surface area contributed by atoms with E-state index in [9.17, 15) is 43.2 Å². The molecule has 0 rings (SSSR count). The zero-order chi connectivity index (χ0) is 70.5. The maximum atomic E-state index is 13.1. The first-order chi connectivity index (χ1) is 46.5. The van der Waals surface area contributed by atoms with Crippen LogP contribution in [-0.4, -0.2) is 96.7 Å². The Morgan fingerprint density at radius 1 is 0.281 bits per heavy atom. The van der Waals surface area contributed by atoms with E-state index in [0.29, 0.717) is 25.7 Å². The van der Waals surface area contributed by atoms with E-state index in [1.807, 2.05) is 0 Å². The largest absolute Gasteiger partial charge is 0.472 e.